The Kier molecular flexibility index (Phi) is 3.52. The van der Waals surface area contributed by atoms with Gasteiger partial charge in [0.2, 0.25) is 0 Å². The van der Waals surface area contributed by atoms with Gasteiger partial charge in [-0.1, -0.05) is 0 Å². The fraction of sp³-hybridized carbons (Fsp3) is 1.00. The van der Waals surface area contributed by atoms with Crippen molar-refractivity contribution in [3.05, 3.63) is 0 Å². The fourth-order valence-corrected chi connectivity index (χ4v) is 2.66. The number of rotatable bonds is 1. The maximum Gasteiger partial charge on any atom is 0.0594 e. The van der Waals surface area contributed by atoms with Crippen molar-refractivity contribution in [2.45, 2.75) is 37.0 Å². The van der Waals surface area contributed by atoms with Crippen LogP contribution in [0.1, 0.15) is 25.7 Å². The van der Waals surface area contributed by atoms with Gasteiger partial charge in [0.1, 0.15) is 0 Å². The molecule has 2 aliphatic rings. The van der Waals surface area contributed by atoms with E-state index in [9.17, 15) is 0 Å². The second-order valence-electron chi connectivity index (χ2n) is 4.11. The standard InChI is InChI=1S/C10H19NOS/c13-10-3-1-9(2-4-10)11-5-7-12-8-6-11/h9-10,13H,1-8H2. The summed E-state index contributed by atoms with van der Waals surface area (Å²) in [7, 11) is 0. The molecule has 0 spiro atoms. The molecule has 0 aromatic heterocycles. The molecule has 2 rings (SSSR count). The molecule has 0 bridgehead atoms. The third kappa shape index (κ3) is 2.61. The van der Waals surface area contributed by atoms with Crippen molar-refractivity contribution >= 4 is 12.6 Å². The van der Waals surface area contributed by atoms with Crippen LogP contribution in [0.15, 0.2) is 0 Å². The van der Waals surface area contributed by atoms with Gasteiger partial charge in [0.15, 0.2) is 0 Å². The van der Waals surface area contributed by atoms with Crippen LogP contribution >= 0.6 is 12.6 Å². The van der Waals surface area contributed by atoms with Crippen molar-refractivity contribution < 1.29 is 4.74 Å². The molecule has 1 aliphatic heterocycles. The van der Waals surface area contributed by atoms with E-state index in [2.05, 4.69) is 17.5 Å². The van der Waals surface area contributed by atoms with Gasteiger partial charge in [-0.25, -0.2) is 0 Å². The first-order valence-corrected chi connectivity index (χ1v) is 5.88. The lowest BCUT2D eigenvalue weighted by Gasteiger charge is -2.37. The molecule has 1 aliphatic carbocycles. The Morgan fingerprint density at radius 1 is 1.00 bits per heavy atom. The van der Waals surface area contributed by atoms with Crippen LogP contribution in [0.4, 0.5) is 0 Å². The molecular formula is C10H19NOS. The fourth-order valence-electron chi connectivity index (χ4n) is 2.37. The maximum absolute atomic E-state index is 5.35. The summed E-state index contributed by atoms with van der Waals surface area (Å²) in [5.41, 5.74) is 0. The van der Waals surface area contributed by atoms with E-state index in [1.165, 1.54) is 25.7 Å². The molecule has 2 fully saturated rings. The van der Waals surface area contributed by atoms with Gasteiger partial charge >= 0.3 is 0 Å². The zero-order valence-electron chi connectivity index (χ0n) is 8.11. The van der Waals surface area contributed by atoms with Crippen molar-refractivity contribution in [2.24, 2.45) is 0 Å². The van der Waals surface area contributed by atoms with Gasteiger partial charge in [0.25, 0.3) is 0 Å². The van der Waals surface area contributed by atoms with Crippen molar-refractivity contribution in [1.29, 1.82) is 0 Å². The molecule has 0 amide bonds. The van der Waals surface area contributed by atoms with Gasteiger partial charge in [-0.2, -0.15) is 12.6 Å². The summed E-state index contributed by atoms with van der Waals surface area (Å²) in [5, 5.41) is 0.664. The van der Waals surface area contributed by atoms with Crippen molar-refractivity contribution in [3.63, 3.8) is 0 Å². The molecular weight excluding hydrogens is 182 g/mol. The number of morpholine rings is 1. The summed E-state index contributed by atoms with van der Waals surface area (Å²) >= 11 is 4.52. The predicted molar refractivity (Wildman–Crippen MR) is 57.4 cm³/mol. The molecule has 1 saturated carbocycles. The van der Waals surface area contributed by atoms with Gasteiger partial charge in [-0.05, 0) is 25.7 Å². The van der Waals surface area contributed by atoms with Gasteiger partial charge in [0, 0.05) is 24.4 Å². The molecule has 1 saturated heterocycles. The third-order valence-corrected chi connectivity index (χ3v) is 3.74. The van der Waals surface area contributed by atoms with Gasteiger partial charge in [-0.3, -0.25) is 4.90 Å². The van der Waals surface area contributed by atoms with Crippen LogP contribution in [0.25, 0.3) is 0 Å². The number of nitrogens with zero attached hydrogens (tertiary/aromatic N) is 1. The Hall–Kier alpha value is 0.270. The molecule has 76 valence electrons. The van der Waals surface area contributed by atoms with Gasteiger partial charge in [0.05, 0.1) is 13.2 Å². The number of hydrogen-bond acceptors (Lipinski definition) is 3. The Morgan fingerprint density at radius 3 is 2.23 bits per heavy atom. The molecule has 13 heavy (non-hydrogen) atoms. The lowest BCUT2D eigenvalue weighted by atomic mass is 9.93. The topological polar surface area (TPSA) is 12.5 Å². The summed E-state index contributed by atoms with van der Waals surface area (Å²) in [4.78, 5) is 2.60. The van der Waals surface area contributed by atoms with E-state index in [1.54, 1.807) is 0 Å². The minimum absolute atomic E-state index is 0.664. The lowest BCUT2D eigenvalue weighted by Crippen LogP contribution is -2.45. The van der Waals surface area contributed by atoms with Crippen LogP contribution in [-0.4, -0.2) is 42.5 Å². The number of ether oxygens (including phenoxy) is 1. The lowest BCUT2D eigenvalue weighted by molar-refractivity contribution is 0.00897. The average molecular weight is 201 g/mol. The summed E-state index contributed by atoms with van der Waals surface area (Å²) in [6.07, 6.45) is 5.28. The monoisotopic (exact) mass is 201 g/mol. The molecule has 3 heteroatoms. The largest absolute Gasteiger partial charge is 0.379 e. The minimum Gasteiger partial charge on any atom is -0.379 e. The van der Waals surface area contributed by atoms with Crippen molar-refractivity contribution in [1.82, 2.24) is 4.90 Å². The highest BCUT2D eigenvalue weighted by atomic mass is 32.1. The molecule has 0 aromatic rings. The molecule has 0 N–H and O–H groups in total. The van der Waals surface area contributed by atoms with Crippen LogP contribution in [0.3, 0.4) is 0 Å². The van der Waals surface area contributed by atoms with E-state index in [0.717, 1.165) is 32.3 Å². The number of thiol groups is 1. The summed E-state index contributed by atoms with van der Waals surface area (Å²) < 4.78 is 5.35. The second kappa shape index (κ2) is 4.67. The van der Waals surface area contributed by atoms with E-state index in [0.29, 0.717) is 5.25 Å². The summed E-state index contributed by atoms with van der Waals surface area (Å²) in [6, 6.07) is 0.826. The Labute approximate surface area is 86.0 Å². The smallest absolute Gasteiger partial charge is 0.0594 e. The van der Waals surface area contributed by atoms with Gasteiger partial charge in [-0.15, -0.1) is 0 Å². The van der Waals surface area contributed by atoms with Gasteiger partial charge < -0.3 is 4.74 Å². The van der Waals surface area contributed by atoms with Crippen LogP contribution in [0.2, 0.25) is 0 Å². The number of hydrogen-bond donors (Lipinski definition) is 1. The van der Waals surface area contributed by atoms with Crippen molar-refractivity contribution in [2.75, 3.05) is 26.3 Å². The highest BCUT2D eigenvalue weighted by molar-refractivity contribution is 7.80. The quantitative estimate of drug-likeness (QED) is 0.646. The average Bonchev–Trinajstić information content (AvgIpc) is 2.20. The molecule has 0 unspecified atom stereocenters. The van der Waals surface area contributed by atoms with E-state index in [1.807, 2.05) is 0 Å². The van der Waals surface area contributed by atoms with E-state index >= 15 is 0 Å². The molecule has 0 atom stereocenters. The summed E-state index contributed by atoms with van der Waals surface area (Å²) in [6.45, 7) is 4.14. The first-order valence-electron chi connectivity index (χ1n) is 5.36. The first kappa shape index (κ1) is 9.81. The van der Waals surface area contributed by atoms with Crippen LogP contribution in [0, 0.1) is 0 Å². The van der Waals surface area contributed by atoms with E-state index in [4.69, 9.17) is 4.74 Å². The maximum atomic E-state index is 5.35. The molecule has 2 nitrogen and oxygen atoms in total. The normalized spacial score (nSPS) is 37.6. The Bertz CT molecular complexity index is 151. The van der Waals surface area contributed by atoms with Crippen LogP contribution in [0.5, 0.6) is 0 Å². The Balaban J connectivity index is 1.79. The predicted octanol–water partition coefficient (Wildman–Crippen LogP) is 1.56. The van der Waals surface area contributed by atoms with E-state index in [-0.39, 0.29) is 0 Å². The van der Waals surface area contributed by atoms with Crippen LogP contribution < -0.4 is 0 Å². The molecule has 0 aromatic carbocycles. The molecule has 0 radical (unpaired) electrons. The minimum atomic E-state index is 0.664. The zero-order valence-corrected chi connectivity index (χ0v) is 9.01. The molecule has 1 heterocycles. The Morgan fingerprint density at radius 2 is 1.62 bits per heavy atom. The summed E-state index contributed by atoms with van der Waals surface area (Å²) in [5.74, 6) is 0. The first-order chi connectivity index (χ1) is 6.36. The van der Waals surface area contributed by atoms with Crippen molar-refractivity contribution in [3.8, 4) is 0 Å². The third-order valence-electron chi connectivity index (χ3n) is 3.23. The highest BCUT2D eigenvalue weighted by Gasteiger charge is 2.25. The van der Waals surface area contributed by atoms with Crippen LogP contribution in [-0.2, 0) is 4.74 Å². The SMILES string of the molecule is SC1CCC(N2CCOCC2)CC1. The zero-order chi connectivity index (χ0) is 9.10. The van der Waals surface area contributed by atoms with E-state index < -0.39 is 0 Å². The second-order valence-corrected chi connectivity index (χ2v) is 4.84. The highest BCUT2D eigenvalue weighted by Crippen LogP contribution is 2.26.